The van der Waals surface area contributed by atoms with Gasteiger partial charge < -0.3 is 15.5 Å². The number of anilines is 2. The van der Waals surface area contributed by atoms with Crippen LogP contribution in [-0.4, -0.2) is 56.1 Å². The molecule has 2 saturated heterocycles. The molecule has 5 nitrogen and oxygen atoms in total. The maximum absolute atomic E-state index is 12.9. The molecule has 3 heterocycles. The minimum atomic E-state index is -4.41. The number of nitrogens with zero attached hydrogens (tertiary/aromatic N) is 2. The molecule has 3 aliphatic heterocycles. The highest BCUT2D eigenvalue weighted by Gasteiger charge is 2.39. The standard InChI is InChI=1S/C19H25F3N4O/c20-19(21,22)14-1-2-16-15(11-14)24-18(27)17-12-25(9-10-26(16)17)8-5-13-3-6-23-7-4-13/h1-2,11,13,17,23H,3-10,12H2,(H,24,27). The van der Waals surface area contributed by atoms with E-state index in [9.17, 15) is 18.0 Å². The molecule has 3 aliphatic rings. The van der Waals surface area contributed by atoms with Gasteiger partial charge in [0.1, 0.15) is 6.04 Å². The highest BCUT2D eigenvalue weighted by molar-refractivity contribution is 6.04. The lowest BCUT2D eigenvalue weighted by Crippen LogP contribution is -2.60. The van der Waals surface area contributed by atoms with Crippen molar-refractivity contribution in [2.24, 2.45) is 5.92 Å². The number of hydrogen-bond acceptors (Lipinski definition) is 4. The Balaban J connectivity index is 1.43. The van der Waals surface area contributed by atoms with Crippen molar-refractivity contribution in [2.75, 3.05) is 49.5 Å². The van der Waals surface area contributed by atoms with Gasteiger partial charge in [0, 0.05) is 19.6 Å². The average Bonchev–Trinajstić information content (AvgIpc) is 2.66. The van der Waals surface area contributed by atoms with E-state index in [1.54, 1.807) is 0 Å². The Morgan fingerprint density at radius 1 is 1.15 bits per heavy atom. The first-order chi connectivity index (χ1) is 12.9. The second-order valence-corrected chi connectivity index (χ2v) is 7.71. The molecule has 0 aromatic heterocycles. The zero-order chi connectivity index (χ0) is 19.0. The van der Waals surface area contributed by atoms with E-state index < -0.39 is 11.7 Å². The molecule has 1 aromatic carbocycles. The third-order valence-corrected chi connectivity index (χ3v) is 5.97. The van der Waals surface area contributed by atoms with Crippen molar-refractivity contribution in [3.8, 4) is 0 Å². The second-order valence-electron chi connectivity index (χ2n) is 7.71. The summed E-state index contributed by atoms with van der Waals surface area (Å²) < 4.78 is 38.8. The van der Waals surface area contributed by atoms with E-state index in [4.69, 9.17) is 0 Å². The fraction of sp³-hybridized carbons (Fsp3) is 0.632. The van der Waals surface area contributed by atoms with Gasteiger partial charge in [-0.1, -0.05) is 0 Å². The molecule has 2 fully saturated rings. The minimum Gasteiger partial charge on any atom is -0.355 e. The van der Waals surface area contributed by atoms with Gasteiger partial charge in [0.05, 0.1) is 16.9 Å². The molecule has 1 atom stereocenters. The number of carbonyl (C=O) groups is 1. The lowest BCUT2D eigenvalue weighted by molar-refractivity contribution is -0.137. The first-order valence-electron chi connectivity index (χ1n) is 9.63. The van der Waals surface area contributed by atoms with E-state index in [1.807, 2.05) is 4.90 Å². The van der Waals surface area contributed by atoms with Crippen LogP contribution in [0.2, 0.25) is 0 Å². The van der Waals surface area contributed by atoms with Crippen molar-refractivity contribution >= 4 is 17.3 Å². The van der Waals surface area contributed by atoms with Crippen LogP contribution in [0.5, 0.6) is 0 Å². The molecule has 1 unspecified atom stereocenters. The third-order valence-electron chi connectivity index (χ3n) is 5.97. The number of amides is 1. The molecule has 0 bridgehead atoms. The number of nitrogens with one attached hydrogen (secondary N) is 2. The number of carbonyl (C=O) groups excluding carboxylic acids is 1. The summed E-state index contributed by atoms with van der Waals surface area (Å²) in [5.74, 6) is 0.527. The topological polar surface area (TPSA) is 47.6 Å². The maximum atomic E-state index is 12.9. The van der Waals surface area contributed by atoms with Crippen LogP contribution >= 0.6 is 0 Å². The quantitative estimate of drug-likeness (QED) is 0.844. The number of alkyl halides is 3. The zero-order valence-electron chi connectivity index (χ0n) is 15.2. The van der Waals surface area contributed by atoms with Gasteiger partial charge >= 0.3 is 6.18 Å². The molecule has 8 heteroatoms. The number of fused-ring (bicyclic) bond motifs is 3. The van der Waals surface area contributed by atoms with Crippen LogP contribution in [-0.2, 0) is 11.0 Å². The first-order valence-corrected chi connectivity index (χ1v) is 9.63. The van der Waals surface area contributed by atoms with Crippen molar-refractivity contribution < 1.29 is 18.0 Å². The van der Waals surface area contributed by atoms with Crippen molar-refractivity contribution in [3.63, 3.8) is 0 Å². The summed E-state index contributed by atoms with van der Waals surface area (Å²) in [6, 6.07) is 3.27. The minimum absolute atomic E-state index is 0.214. The van der Waals surface area contributed by atoms with Crippen LogP contribution in [0.1, 0.15) is 24.8 Å². The molecular weight excluding hydrogens is 357 g/mol. The normalized spacial score (nSPS) is 24.3. The fourth-order valence-electron chi connectivity index (χ4n) is 4.37. The number of piperazine rings is 1. The van der Waals surface area contributed by atoms with Crippen LogP contribution < -0.4 is 15.5 Å². The summed E-state index contributed by atoms with van der Waals surface area (Å²) in [6.45, 7) is 5.25. The largest absolute Gasteiger partial charge is 0.416 e. The van der Waals surface area contributed by atoms with Crippen molar-refractivity contribution in [1.82, 2.24) is 10.2 Å². The molecule has 1 aromatic rings. The molecule has 4 rings (SSSR count). The monoisotopic (exact) mass is 382 g/mol. The second kappa shape index (κ2) is 7.31. The Morgan fingerprint density at radius 2 is 1.93 bits per heavy atom. The van der Waals surface area contributed by atoms with Crippen LogP contribution in [0.15, 0.2) is 18.2 Å². The molecule has 0 spiro atoms. The molecule has 148 valence electrons. The van der Waals surface area contributed by atoms with Gasteiger partial charge in [-0.3, -0.25) is 9.69 Å². The SMILES string of the molecule is O=C1Nc2cc(C(F)(F)F)ccc2N2CCN(CCC3CCNCC3)CC12. The van der Waals surface area contributed by atoms with Crippen LogP contribution in [0.4, 0.5) is 24.5 Å². The highest BCUT2D eigenvalue weighted by Crippen LogP contribution is 2.38. The summed E-state index contributed by atoms with van der Waals surface area (Å²) in [7, 11) is 0. The van der Waals surface area contributed by atoms with E-state index in [1.165, 1.54) is 18.9 Å². The fourth-order valence-corrected chi connectivity index (χ4v) is 4.37. The molecule has 1 amide bonds. The molecule has 0 aliphatic carbocycles. The average molecular weight is 382 g/mol. The number of piperidine rings is 1. The summed E-state index contributed by atoms with van der Waals surface area (Å²) in [5, 5.41) is 6.06. The third kappa shape index (κ3) is 3.91. The summed E-state index contributed by atoms with van der Waals surface area (Å²) in [4.78, 5) is 16.8. The Hall–Kier alpha value is -1.80. The van der Waals surface area contributed by atoms with E-state index in [0.717, 1.165) is 50.7 Å². The van der Waals surface area contributed by atoms with Crippen LogP contribution in [0.3, 0.4) is 0 Å². The van der Waals surface area contributed by atoms with Gasteiger partial charge in [0.15, 0.2) is 0 Å². The van der Waals surface area contributed by atoms with Gasteiger partial charge in [-0.15, -0.1) is 0 Å². The zero-order valence-corrected chi connectivity index (χ0v) is 15.2. The predicted molar refractivity (Wildman–Crippen MR) is 97.9 cm³/mol. The summed E-state index contributed by atoms with van der Waals surface area (Å²) >= 11 is 0. The van der Waals surface area contributed by atoms with E-state index in [2.05, 4.69) is 15.5 Å². The summed E-state index contributed by atoms with van der Waals surface area (Å²) in [6.07, 6.45) is -0.858. The summed E-state index contributed by atoms with van der Waals surface area (Å²) in [5.41, 5.74) is 0.209. The van der Waals surface area contributed by atoms with E-state index >= 15 is 0 Å². The van der Waals surface area contributed by atoms with Crippen LogP contribution in [0.25, 0.3) is 0 Å². The Bertz CT molecular complexity index is 703. The van der Waals surface area contributed by atoms with Crippen LogP contribution in [0, 0.1) is 5.92 Å². The van der Waals surface area contributed by atoms with Crippen molar-refractivity contribution in [3.05, 3.63) is 23.8 Å². The Labute approximate surface area is 156 Å². The highest BCUT2D eigenvalue weighted by atomic mass is 19.4. The molecule has 0 saturated carbocycles. The molecular formula is C19H25F3N4O. The number of halogens is 3. The number of hydrogen-bond donors (Lipinski definition) is 2. The van der Waals surface area contributed by atoms with E-state index in [0.29, 0.717) is 18.8 Å². The predicted octanol–water partition coefficient (Wildman–Crippen LogP) is 2.54. The Morgan fingerprint density at radius 3 is 2.67 bits per heavy atom. The van der Waals surface area contributed by atoms with Crippen molar-refractivity contribution in [2.45, 2.75) is 31.5 Å². The van der Waals surface area contributed by atoms with Gasteiger partial charge in [0.25, 0.3) is 0 Å². The maximum Gasteiger partial charge on any atom is 0.416 e. The van der Waals surface area contributed by atoms with Gasteiger partial charge in [0.2, 0.25) is 5.91 Å². The lowest BCUT2D eigenvalue weighted by Gasteiger charge is -2.45. The molecule has 2 N–H and O–H groups in total. The van der Waals surface area contributed by atoms with E-state index in [-0.39, 0.29) is 17.6 Å². The Kier molecular flexibility index (Phi) is 5.03. The lowest BCUT2D eigenvalue weighted by atomic mass is 9.94. The first kappa shape index (κ1) is 18.6. The molecule has 27 heavy (non-hydrogen) atoms. The number of benzene rings is 1. The van der Waals surface area contributed by atoms with Gasteiger partial charge in [-0.25, -0.2) is 0 Å². The molecule has 0 radical (unpaired) electrons. The van der Waals surface area contributed by atoms with Crippen molar-refractivity contribution in [1.29, 1.82) is 0 Å². The number of rotatable bonds is 3. The smallest absolute Gasteiger partial charge is 0.355 e. The van der Waals surface area contributed by atoms with Gasteiger partial charge in [-0.05, 0) is 63.0 Å². The van der Waals surface area contributed by atoms with Gasteiger partial charge in [-0.2, -0.15) is 13.2 Å².